The summed E-state index contributed by atoms with van der Waals surface area (Å²) in [5, 5.41) is 8.41. The summed E-state index contributed by atoms with van der Waals surface area (Å²) in [6.07, 6.45) is 11.5. The van der Waals surface area contributed by atoms with Crippen molar-refractivity contribution in [3.05, 3.63) is 0 Å². The van der Waals surface area contributed by atoms with Crippen LogP contribution in [-0.2, 0) is 25.6 Å². The number of hydrogen-bond donors (Lipinski definition) is 5. The Labute approximate surface area is 143 Å². The predicted molar refractivity (Wildman–Crippen MR) is 87.8 cm³/mol. The van der Waals surface area contributed by atoms with Gasteiger partial charge in [0.15, 0.2) is 0 Å². The van der Waals surface area contributed by atoms with Crippen LogP contribution in [0.2, 0.25) is 0 Å². The van der Waals surface area contributed by atoms with Crippen molar-refractivity contribution >= 4 is 26.8 Å². The van der Waals surface area contributed by atoms with Crippen LogP contribution >= 0.6 is 0 Å². The molecule has 0 spiro atoms. The Morgan fingerprint density at radius 3 is 1.17 bits per heavy atom. The lowest BCUT2D eigenvalue weighted by atomic mass is 10.1. The Bertz CT molecular complexity index is 438. The zero-order chi connectivity index (χ0) is 19.6. The second kappa shape index (κ2) is 17.0. The van der Waals surface area contributed by atoms with E-state index in [0.29, 0.717) is 6.42 Å². The van der Waals surface area contributed by atoms with Crippen molar-refractivity contribution in [2.45, 2.75) is 71.1 Å². The highest BCUT2D eigenvalue weighted by Gasteiger charge is 1.96. The molecule has 0 aliphatic rings. The van der Waals surface area contributed by atoms with Gasteiger partial charge in [-0.2, -0.15) is 16.8 Å². The van der Waals surface area contributed by atoms with Crippen LogP contribution in [0.5, 0.6) is 0 Å². The van der Waals surface area contributed by atoms with Gasteiger partial charge in [-0.15, -0.1) is 0 Å². The van der Waals surface area contributed by atoms with Crippen LogP contribution < -0.4 is 0 Å². The minimum Gasteiger partial charge on any atom is -0.481 e. The molecule has 12 heteroatoms. The first-order chi connectivity index (χ1) is 10.8. The van der Waals surface area contributed by atoms with E-state index in [9.17, 15) is 4.79 Å². The van der Waals surface area contributed by atoms with Crippen LogP contribution in [0.3, 0.4) is 0 Å². The second-order valence-electron chi connectivity index (χ2n) is 4.87. The van der Waals surface area contributed by atoms with Crippen molar-refractivity contribution in [1.29, 1.82) is 0 Å². The van der Waals surface area contributed by atoms with E-state index in [0.717, 1.165) is 12.8 Å². The molecule has 0 radical (unpaired) electrons. The Balaban J connectivity index is -0.000000361. The Morgan fingerprint density at radius 1 is 0.667 bits per heavy atom. The third-order valence-corrected chi connectivity index (χ3v) is 2.49. The third-order valence-electron chi connectivity index (χ3n) is 2.49. The van der Waals surface area contributed by atoms with Gasteiger partial charge in [0.2, 0.25) is 0 Å². The molecule has 0 aliphatic carbocycles. The van der Waals surface area contributed by atoms with Gasteiger partial charge in [-0.25, -0.2) is 0 Å². The Hall–Kier alpha value is -0.790. The molecule has 0 rings (SSSR count). The van der Waals surface area contributed by atoms with Crippen molar-refractivity contribution in [1.82, 2.24) is 0 Å². The SMILES string of the molecule is CCCCCCCCCCCC(=O)O.O=S(=O)(O)O.O=S(=O)(O)O. The molecule has 24 heavy (non-hydrogen) atoms. The summed E-state index contributed by atoms with van der Waals surface area (Å²) >= 11 is 0. The van der Waals surface area contributed by atoms with Gasteiger partial charge < -0.3 is 5.11 Å². The van der Waals surface area contributed by atoms with Gasteiger partial charge in [0.1, 0.15) is 0 Å². The maximum absolute atomic E-state index is 10.2. The molecular formula is C12H28O10S2. The molecule has 0 aromatic heterocycles. The van der Waals surface area contributed by atoms with Crippen molar-refractivity contribution in [3.8, 4) is 0 Å². The number of carboxylic acid groups (broad SMARTS) is 1. The summed E-state index contributed by atoms with van der Waals surface area (Å²) in [7, 11) is -9.33. The molecule has 0 aliphatic heterocycles. The largest absolute Gasteiger partial charge is 0.481 e. The summed E-state index contributed by atoms with van der Waals surface area (Å²) in [4.78, 5) is 10.2. The summed E-state index contributed by atoms with van der Waals surface area (Å²) in [6, 6.07) is 0. The molecule has 0 saturated carbocycles. The van der Waals surface area contributed by atoms with E-state index < -0.39 is 26.8 Å². The van der Waals surface area contributed by atoms with E-state index in [1.807, 2.05) is 0 Å². The van der Waals surface area contributed by atoms with Crippen LogP contribution in [0.4, 0.5) is 0 Å². The Morgan fingerprint density at radius 2 is 0.917 bits per heavy atom. The molecule has 0 atom stereocenters. The number of carbonyl (C=O) groups is 1. The van der Waals surface area contributed by atoms with Gasteiger partial charge in [0, 0.05) is 6.42 Å². The van der Waals surface area contributed by atoms with E-state index in [1.54, 1.807) is 0 Å². The van der Waals surface area contributed by atoms with Gasteiger partial charge in [0.05, 0.1) is 0 Å². The van der Waals surface area contributed by atoms with E-state index in [4.69, 9.17) is 40.2 Å². The summed E-state index contributed by atoms with van der Waals surface area (Å²) in [6.45, 7) is 2.23. The fraction of sp³-hybridized carbons (Fsp3) is 0.917. The van der Waals surface area contributed by atoms with Crippen molar-refractivity contribution < 1.29 is 44.9 Å². The maximum atomic E-state index is 10.2. The van der Waals surface area contributed by atoms with Gasteiger partial charge in [0.25, 0.3) is 0 Å². The predicted octanol–water partition coefficient (Wildman–Crippen LogP) is 2.69. The fourth-order valence-electron chi connectivity index (χ4n) is 1.59. The standard InChI is InChI=1S/C12H24O2.2H2O4S/c1-2-3-4-5-6-7-8-9-10-11-12(13)14;2*1-5(2,3)4/h2-11H2,1H3,(H,13,14);2*(H2,1,2,3,4). The first kappa shape index (κ1) is 28.0. The molecule has 10 nitrogen and oxygen atoms in total. The lowest BCUT2D eigenvalue weighted by molar-refractivity contribution is -0.137. The second-order valence-corrected chi connectivity index (χ2v) is 6.66. The van der Waals surface area contributed by atoms with Crippen LogP contribution in [0.25, 0.3) is 0 Å². The van der Waals surface area contributed by atoms with Crippen molar-refractivity contribution in [2.75, 3.05) is 0 Å². The van der Waals surface area contributed by atoms with E-state index in [1.165, 1.54) is 44.9 Å². The highest BCUT2D eigenvalue weighted by molar-refractivity contribution is 7.80. The van der Waals surface area contributed by atoms with Gasteiger partial charge in [-0.3, -0.25) is 23.0 Å². The average Bonchev–Trinajstić information content (AvgIpc) is 2.32. The van der Waals surface area contributed by atoms with E-state index >= 15 is 0 Å². The maximum Gasteiger partial charge on any atom is 0.394 e. The van der Waals surface area contributed by atoms with E-state index in [2.05, 4.69) is 6.92 Å². The molecule has 148 valence electrons. The summed E-state index contributed by atoms with van der Waals surface area (Å²) in [5.74, 6) is -0.659. The Kier molecular flexibility index (Phi) is 19.9. The summed E-state index contributed by atoms with van der Waals surface area (Å²) < 4.78 is 63.2. The molecule has 5 N–H and O–H groups in total. The normalized spacial score (nSPS) is 10.9. The minimum absolute atomic E-state index is 0.343. The first-order valence-corrected chi connectivity index (χ1v) is 10.2. The van der Waals surface area contributed by atoms with Gasteiger partial charge >= 0.3 is 26.8 Å². The number of carboxylic acids is 1. The molecule has 0 aromatic rings. The minimum atomic E-state index is -4.67. The third kappa shape index (κ3) is 83.1. The van der Waals surface area contributed by atoms with Crippen molar-refractivity contribution in [2.24, 2.45) is 0 Å². The van der Waals surface area contributed by atoms with Crippen LogP contribution in [0.1, 0.15) is 71.1 Å². The molecule has 0 fully saturated rings. The number of aliphatic carboxylic acids is 1. The van der Waals surface area contributed by atoms with Crippen molar-refractivity contribution in [3.63, 3.8) is 0 Å². The average molecular weight is 396 g/mol. The molecule has 0 saturated heterocycles. The number of rotatable bonds is 10. The monoisotopic (exact) mass is 396 g/mol. The fourth-order valence-corrected chi connectivity index (χ4v) is 1.59. The van der Waals surface area contributed by atoms with E-state index in [-0.39, 0.29) is 0 Å². The lowest BCUT2D eigenvalue weighted by Crippen LogP contribution is -1.93. The first-order valence-electron chi connectivity index (χ1n) is 7.39. The van der Waals surface area contributed by atoms with Crippen LogP contribution in [0.15, 0.2) is 0 Å². The highest BCUT2D eigenvalue weighted by atomic mass is 32.3. The topological polar surface area (TPSA) is 186 Å². The smallest absolute Gasteiger partial charge is 0.394 e. The summed E-state index contributed by atoms with van der Waals surface area (Å²) in [5.41, 5.74) is 0. The quantitative estimate of drug-likeness (QED) is 0.271. The molecular weight excluding hydrogens is 368 g/mol. The van der Waals surface area contributed by atoms with Crippen LogP contribution in [0, 0.1) is 0 Å². The van der Waals surface area contributed by atoms with Gasteiger partial charge in [-0.05, 0) is 6.42 Å². The van der Waals surface area contributed by atoms with Crippen LogP contribution in [-0.4, -0.2) is 46.1 Å². The zero-order valence-electron chi connectivity index (χ0n) is 13.7. The molecule has 0 aromatic carbocycles. The molecule has 0 bridgehead atoms. The highest BCUT2D eigenvalue weighted by Crippen LogP contribution is 2.10. The lowest BCUT2D eigenvalue weighted by Gasteiger charge is -2.00. The number of unbranched alkanes of at least 4 members (excludes halogenated alkanes) is 8. The van der Waals surface area contributed by atoms with Gasteiger partial charge in [-0.1, -0.05) is 58.3 Å². The number of hydrogen-bond acceptors (Lipinski definition) is 5. The zero-order valence-corrected chi connectivity index (χ0v) is 15.3. The molecule has 0 amide bonds. The molecule has 0 heterocycles. The molecule has 0 unspecified atom stereocenters.